The van der Waals surface area contributed by atoms with Gasteiger partial charge in [0.25, 0.3) is 5.56 Å². The van der Waals surface area contributed by atoms with Gasteiger partial charge in [-0.3, -0.25) is 13.9 Å². The lowest BCUT2D eigenvalue weighted by Crippen LogP contribution is -2.43. The quantitative estimate of drug-likeness (QED) is 0.918. The molecule has 122 valence electrons. The zero-order chi connectivity index (χ0) is 16.4. The number of hydrogen-bond donors (Lipinski definition) is 1. The first-order valence-electron chi connectivity index (χ1n) is 7.44. The van der Waals surface area contributed by atoms with Gasteiger partial charge in [-0.15, -0.1) is 0 Å². The summed E-state index contributed by atoms with van der Waals surface area (Å²) in [6.45, 7) is 0.177. The number of nitrogens with zero attached hydrogens (tertiary/aromatic N) is 2. The fourth-order valence-corrected chi connectivity index (χ4v) is 2.69. The molecule has 1 fully saturated rings. The third-order valence-electron chi connectivity index (χ3n) is 3.91. The van der Waals surface area contributed by atoms with Crippen molar-refractivity contribution in [1.82, 2.24) is 9.13 Å². The topological polar surface area (TPSA) is 73.5 Å². The molecule has 0 spiro atoms. The number of aromatic nitrogens is 2. The van der Waals surface area contributed by atoms with Crippen LogP contribution in [0.15, 0.2) is 46.1 Å². The summed E-state index contributed by atoms with van der Waals surface area (Å²) < 4.78 is 21.1. The second kappa shape index (κ2) is 6.47. The maximum Gasteiger partial charge on any atom is 0.333 e. The van der Waals surface area contributed by atoms with Gasteiger partial charge in [0.05, 0.1) is 18.8 Å². The summed E-state index contributed by atoms with van der Waals surface area (Å²) in [5.41, 5.74) is -1.18. The molecule has 2 heterocycles. The van der Waals surface area contributed by atoms with E-state index in [4.69, 9.17) is 4.74 Å². The molecule has 0 aliphatic carbocycles. The zero-order valence-corrected chi connectivity index (χ0v) is 12.4. The Hall–Kier alpha value is -2.25. The normalized spacial score (nSPS) is 19.0. The standard InChI is InChI=1S/C16H17FN2O4/c17-12-9-18(14-7-4-8-23-14)16(22)19(15(12)21)10-13(20)11-5-2-1-3-6-11/h1-3,5-6,9,13-14,20H,4,7-8,10H2/t13-,14-/m0/s1. The molecule has 0 radical (unpaired) electrons. The van der Waals surface area contributed by atoms with E-state index < -0.39 is 29.4 Å². The molecule has 0 bridgehead atoms. The minimum Gasteiger partial charge on any atom is -0.387 e. The third-order valence-corrected chi connectivity index (χ3v) is 3.91. The second-order valence-electron chi connectivity index (χ2n) is 5.48. The number of benzene rings is 1. The average molecular weight is 320 g/mol. The molecule has 23 heavy (non-hydrogen) atoms. The third kappa shape index (κ3) is 3.11. The number of aliphatic hydroxyl groups is 1. The number of aliphatic hydroxyl groups excluding tert-OH is 1. The Kier molecular flexibility index (Phi) is 4.40. The molecule has 1 aromatic heterocycles. The van der Waals surface area contributed by atoms with Crippen molar-refractivity contribution in [3.63, 3.8) is 0 Å². The van der Waals surface area contributed by atoms with Gasteiger partial charge in [-0.25, -0.2) is 4.79 Å². The van der Waals surface area contributed by atoms with Crippen LogP contribution in [0.3, 0.4) is 0 Å². The van der Waals surface area contributed by atoms with E-state index in [2.05, 4.69) is 0 Å². The lowest BCUT2D eigenvalue weighted by Gasteiger charge is -2.17. The molecule has 1 aliphatic heterocycles. The molecule has 1 saturated heterocycles. The van der Waals surface area contributed by atoms with Crippen molar-refractivity contribution in [1.29, 1.82) is 0 Å². The molecule has 1 N–H and O–H groups in total. The Labute approximate surface area is 131 Å². The highest BCUT2D eigenvalue weighted by Gasteiger charge is 2.23. The summed E-state index contributed by atoms with van der Waals surface area (Å²) in [5, 5.41) is 10.2. The Bertz CT molecular complexity index is 794. The summed E-state index contributed by atoms with van der Waals surface area (Å²) in [4.78, 5) is 24.4. The van der Waals surface area contributed by atoms with Crippen LogP contribution in [0.4, 0.5) is 4.39 Å². The number of halogens is 1. The smallest absolute Gasteiger partial charge is 0.333 e. The number of rotatable bonds is 4. The fourth-order valence-electron chi connectivity index (χ4n) is 2.69. The van der Waals surface area contributed by atoms with E-state index in [9.17, 15) is 19.1 Å². The van der Waals surface area contributed by atoms with Crippen molar-refractivity contribution in [3.8, 4) is 0 Å². The van der Waals surface area contributed by atoms with Crippen LogP contribution in [0, 0.1) is 5.82 Å². The van der Waals surface area contributed by atoms with Crippen LogP contribution >= 0.6 is 0 Å². The maximum atomic E-state index is 13.9. The molecule has 1 aliphatic rings. The van der Waals surface area contributed by atoms with Crippen molar-refractivity contribution in [2.24, 2.45) is 0 Å². The van der Waals surface area contributed by atoms with E-state index in [-0.39, 0.29) is 6.54 Å². The summed E-state index contributed by atoms with van der Waals surface area (Å²) in [6, 6.07) is 8.60. The van der Waals surface area contributed by atoms with Gasteiger partial charge in [0.1, 0.15) is 6.23 Å². The Balaban J connectivity index is 1.98. The summed E-state index contributed by atoms with van der Waals surface area (Å²) in [7, 11) is 0. The maximum absolute atomic E-state index is 13.9. The summed E-state index contributed by atoms with van der Waals surface area (Å²) >= 11 is 0. The molecule has 2 aromatic rings. The minimum atomic E-state index is -1.08. The lowest BCUT2D eigenvalue weighted by molar-refractivity contribution is 0.0491. The Morgan fingerprint density at radius 1 is 1.30 bits per heavy atom. The van der Waals surface area contributed by atoms with E-state index in [1.807, 2.05) is 0 Å². The summed E-state index contributed by atoms with van der Waals surface area (Å²) in [6.07, 6.45) is 0.578. The van der Waals surface area contributed by atoms with Crippen LogP contribution in [0.5, 0.6) is 0 Å². The van der Waals surface area contributed by atoms with Gasteiger partial charge in [0.2, 0.25) is 5.82 Å². The van der Waals surface area contributed by atoms with Gasteiger partial charge in [-0.2, -0.15) is 4.39 Å². The van der Waals surface area contributed by atoms with Crippen LogP contribution in [0.25, 0.3) is 0 Å². The predicted molar refractivity (Wildman–Crippen MR) is 80.5 cm³/mol. The SMILES string of the molecule is O=c1c(F)cn([C@@H]2CCCO2)c(=O)n1C[C@H](O)c1ccccc1. The van der Waals surface area contributed by atoms with E-state index in [1.54, 1.807) is 30.3 Å². The highest BCUT2D eigenvalue weighted by atomic mass is 19.1. The molecule has 6 nitrogen and oxygen atoms in total. The van der Waals surface area contributed by atoms with Gasteiger partial charge in [0.15, 0.2) is 0 Å². The first-order valence-corrected chi connectivity index (χ1v) is 7.44. The lowest BCUT2D eigenvalue weighted by atomic mass is 10.1. The number of hydrogen-bond acceptors (Lipinski definition) is 4. The van der Waals surface area contributed by atoms with Crippen LogP contribution < -0.4 is 11.2 Å². The van der Waals surface area contributed by atoms with Crippen molar-refractivity contribution in [2.75, 3.05) is 6.61 Å². The number of ether oxygens (including phenoxy) is 1. The van der Waals surface area contributed by atoms with Gasteiger partial charge >= 0.3 is 5.69 Å². The highest BCUT2D eigenvalue weighted by molar-refractivity contribution is 5.17. The van der Waals surface area contributed by atoms with E-state index in [1.165, 1.54) is 0 Å². The van der Waals surface area contributed by atoms with Crippen LogP contribution in [0.2, 0.25) is 0 Å². The fraction of sp³-hybridized carbons (Fsp3) is 0.375. The first kappa shape index (κ1) is 15.6. The Morgan fingerprint density at radius 3 is 2.70 bits per heavy atom. The molecule has 0 saturated carbocycles. The molecular weight excluding hydrogens is 303 g/mol. The summed E-state index contributed by atoms with van der Waals surface area (Å²) in [5.74, 6) is -1.04. The van der Waals surface area contributed by atoms with E-state index >= 15 is 0 Å². The molecule has 1 aromatic carbocycles. The van der Waals surface area contributed by atoms with E-state index in [0.717, 1.165) is 17.2 Å². The van der Waals surface area contributed by atoms with Crippen molar-refractivity contribution in [2.45, 2.75) is 31.7 Å². The zero-order valence-electron chi connectivity index (χ0n) is 12.4. The van der Waals surface area contributed by atoms with Crippen LogP contribution in [-0.2, 0) is 11.3 Å². The van der Waals surface area contributed by atoms with Gasteiger partial charge in [-0.05, 0) is 18.4 Å². The van der Waals surface area contributed by atoms with Crippen molar-refractivity contribution in [3.05, 3.63) is 68.7 Å². The van der Waals surface area contributed by atoms with Crippen LogP contribution in [-0.4, -0.2) is 20.8 Å². The van der Waals surface area contributed by atoms with Gasteiger partial charge < -0.3 is 9.84 Å². The molecule has 2 atom stereocenters. The van der Waals surface area contributed by atoms with Crippen LogP contribution in [0.1, 0.15) is 30.7 Å². The molecule has 0 amide bonds. The van der Waals surface area contributed by atoms with Crippen molar-refractivity contribution < 1.29 is 14.2 Å². The molecule has 7 heteroatoms. The van der Waals surface area contributed by atoms with Crippen molar-refractivity contribution >= 4 is 0 Å². The molecule has 3 rings (SSSR count). The second-order valence-corrected chi connectivity index (χ2v) is 5.48. The van der Waals surface area contributed by atoms with E-state index in [0.29, 0.717) is 23.2 Å². The highest BCUT2D eigenvalue weighted by Crippen LogP contribution is 2.21. The largest absolute Gasteiger partial charge is 0.387 e. The minimum absolute atomic E-state index is 0.313. The predicted octanol–water partition coefficient (Wildman–Crippen LogP) is 1.19. The monoisotopic (exact) mass is 320 g/mol. The molecular formula is C16H17FN2O4. The first-order chi connectivity index (χ1) is 11.1. The average Bonchev–Trinajstić information content (AvgIpc) is 3.10. The van der Waals surface area contributed by atoms with Gasteiger partial charge in [0, 0.05) is 6.61 Å². The Morgan fingerprint density at radius 2 is 2.04 bits per heavy atom. The van der Waals surface area contributed by atoms with Gasteiger partial charge in [-0.1, -0.05) is 30.3 Å². The molecule has 0 unspecified atom stereocenters.